The van der Waals surface area contributed by atoms with Crippen molar-refractivity contribution in [3.63, 3.8) is 0 Å². The Morgan fingerprint density at radius 2 is 1.57 bits per heavy atom. The second-order valence-corrected chi connectivity index (χ2v) is 8.97. The molecule has 1 aliphatic carbocycles. The van der Waals surface area contributed by atoms with Crippen LogP contribution in [-0.2, 0) is 4.79 Å². The summed E-state index contributed by atoms with van der Waals surface area (Å²) in [5, 5.41) is 13.1. The zero-order valence-corrected chi connectivity index (χ0v) is 20.8. The number of likely N-dealkylation sites (N-methyl/N-ethyl adjacent to an activating group) is 1. The lowest BCUT2D eigenvalue weighted by Gasteiger charge is -2.30. The number of ketones is 1. The van der Waals surface area contributed by atoms with Crippen molar-refractivity contribution in [3.8, 4) is 0 Å². The summed E-state index contributed by atoms with van der Waals surface area (Å²) in [6.07, 6.45) is 15.8. The summed E-state index contributed by atoms with van der Waals surface area (Å²) in [7, 11) is 1.88. The van der Waals surface area contributed by atoms with Gasteiger partial charge in [0, 0.05) is 55.0 Å². The molecule has 4 rings (SSSR count). The van der Waals surface area contributed by atoms with Gasteiger partial charge in [-0.25, -0.2) is 0 Å². The van der Waals surface area contributed by atoms with E-state index < -0.39 is 0 Å². The van der Waals surface area contributed by atoms with Crippen molar-refractivity contribution in [2.45, 2.75) is 39.5 Å². The van der Waals surface area contributed by atoms with E-state index in [1.54, 1.807) is 12.4 Å². The number of nitrogens with zero attached hydrogens (tertiary/aromatic N) is 3. The summed E-state index contributed by atoms with van der Waals surface area (Å²) in [5.41, 5.74) is 5.01. The topological polar surface area (TPSA) is 59.3 Å². The molecule has 2 aromatic rings. The number of pyridine rings is 1. The normalized spacial score (nSPS) is 17.6. The fourth-order valence-electron chi connectivity index (χ4n) is 4.40. The molecular formula is C30H33N3O2. The van der Waals surface area contributed by atoms with Crippen LogP contribution in [0.25, 0.3) is 11.6 Å². The van der Waals surface area contributed by atoms with Gasteiger partial charge in [0.2, 0.25) is 11.4 Å². The third-order valence-electron chi connectivity index (χ3n) is 6.56. The fourth-order valence-corrected chi connectivity index (χ4v) is 4.40. The van der Waals surface area contributed by atoms with E-state index in [1.807, 2.05) is 72.3 Å². The van der Waals surface area contributed by atoms with Gasteiger partial charge in [0.25, 0.3) is 0 Å². The number of benzene rings is 1. The predicted molar refractivity (Wildman–Crippen MR) is 141 cm³/mol. The minimum atomic E-state index is -0.178. The highest BCUT2D eigenvalue weighted by atomic mass is 16.3. The lowest BCUT2D eigenvalue weighted by atomic mass is 9.82. The molecule has 0 bridgehead atoms. The van der Waals surface area contributed by atoms with Crippen LogP contribution in [0.1, 0.15) is 50.7 Å². The largest absolute Gasteiger partial charge is 0.871 e. The SMILES string of the molecule is CCCCN(CCCC)c1ccc(C2=C([O-])/C(=C3\C=CC(/C=C/c4ccncc4)=[N+]3C)C2=O)cc1. The van der Waals surface area contributed by atoms with Gasteiger partial charge in [0.1, 0.15) is 7.05 Å². The molecule has 0 saturated carbocycles. The highest BCUT2D eigenvalue weighted by molar-refractivity contribution is 6.39. The van der Waals surface area contributed by atoms with Crippen LogP contribution >= 0.6 is 0 Å². The molecule has 180 valence electrons. The van der Waals surface area contributed by atoms with Gasteiger partial charge in [0.15, 0.2) is 5.78 Å². The Balaban J connectivity index is 1.56. The smallest absolute Gasteiger partial charge is 0.216 e. The number of Topliss-reactive ketones (excluding diaryl/α,β-unsaturated/α-hetero) is 1. The monoisotopic (exact) mass is 467 g/mol. The van der Waals surface area contributed by atoms with Crippen molar-refractivity contribution < 1.29 is 14.5 Å². The molecule has 0 N–H and O–H groups in total. The quantitative estimate of drug-likeness (QED) is 0.373. The second-order valence-electron chi connectivity index (χ2n) is 8.97. The van der Waals surface area contributed by atoms with Gasteiger partial charge in [-0.15, -0.1) is 0 Å². The maximum Gasteiger partial charge on any atom is 0.216 e. The van der Waals surface area contributed by atoms with Crippen molar-refractivity contribution in [1.29, 1.82) is 0 Å². The van der Waals surface area contributed by atoms with Gasteiger partial charge in [0.05, 0.1) is 5.57 Å². The molecule has 0 radical (unpaired) electrons. The molecule has 5 nitrogen and oxygen atoms in total. The van der Waals surface area contributed by atoms with Crippen molar-refractivity contribution in [3.05, 3.63) is 95.2 Å². The maximum absolute atomic E-state index is 13.1. The first-order valence-electron chi connectivity index (χ1n) is 12.5. The van der Waals surface area contributed by atoms with Crippen LogP contribution in [0.3, 0.4) is 0 Å². The summed E-state index contributed by atoms with van der Waals surface area (Å²) in [6.45, 7) is 6.44. The lowest BCUT2D eigenvalue weighted by Crippen LogP contribution is -2.31. The van der Waals surface area contributed by atoms with E-state index in [-0.39, 0.29) is 22.7 Å². The van der Waals surface area contributed by atoms with Gasteiger partial charge < -0.3 is 10.0 Å². The molecule has 1 aromatic carbocycles. The van der Waals surface area contributed by atoms with Gasteiger partial charge in [-0.2, -0.15) is 4.58 Å². The third-order valence-corrected chi connectivity index (χ3v) is 6.56. The second kappa shape index (κ2) is 11.1. The first-order chi connectivity index (χ1) is 17.0. The average Bonchev–Trinajstić information content (AvgIpc) is 3.23. The van der Waals surface area contributed by atoms with E-state index in [9.17, 15) is 9.90 Å². The number of anilines is 1. The van der Waals surface area contributed by atoms with E-state index in [2.05, 4.69) is 23.7 Å². The fraction of sp³-hybridized carbons (Fsp3) is 0.300. The van der Waals surface area contributed by atoms with Crippen LogP contribution in [0.4, 0.5) is 5.69 Å². The number of allylic oxidation sites excluding steroid dienone is 5. The van der Waals surface area contributed by atoms with Crippen LogP contribution in [-0.4, -0.2) is 41.2 Å². The molecule has 0 saturated heterocycles. The Labute approximate surface area is 208 Å². The van der Waals surface area contributed by atoms with Crippen molar-refractivity contribution in [1.82, 2.24) is 4.98 Å². The Bertz CT molecular complexity index is 1220. The summed E-state index contributed by atoms with van der Waals surface area (Å²) in [6, 6.07) is 11.8. The number of hydrogen-bond acceptors (Lipinski definition) is 4. The van der Waals surface area contributed by atoms with Crippen LogP contribution in [0.15, 0.2) is 84.0 Å². The molecule has 2 heterocycles. The summed E-state index contributed by atoms with van der Waals surface area (Å²) in [4.78, 5) is 19.5. The average molecular weight is 468 g/mol. The minimum absolute atomic E-state index is 0.178. The number of unbranched alkanes of at least 4 members (excludes halogenated alkanes) is 2. The highest BCUT2D eigenvalue weighted by Crippen LogP contribution is 2.38. The van der Waals surface area contributed by atoms with Crippen LogP contribution < -0.4 is 10.0 Å². The zero-order valence-electron chi connectivity index (χ0n) is 20.8. The first-order valence-corrected chi connectivity index (χ1v) is 12.5. The van der Waals surface area contributed by atoms with Crippen LogP contribution in [0, 0.1) is 0 Å². The van der Waals surface area contributed by atoms with E-state index >= 15 is 0 Å². The number of carbonyl (C=O) groups is 1. The summed E-state index contributed by atoms with van der Waals surface area (Å²) in [5.74, 6) is -0.357. The molecular weight excluding hydrogens is 434 g/mol. The molecule has 1 aromatic heterocycles. The summed E-state index contributed by atoms with van der Waals surface area (Å²) < 4.78 is 1.89. The number of rotatable bonds is 10. The predicted octanol–water partition coefficient (Wildman–Crippen LogP) is 4.76. The molecule has 1 aliphatic heterocycles. The van der Waals surface area contributed by atoms with Gasteiger partial charge in [-0.05, 0) is 54.3 Å². The maximum atomic E-state index is 13.1. The molecule has 5 heteroatoms. The number of aromatic nitrogens is 1. The zero-order chi connectivity index (χ0) is 24.8. The summed E-state index contributed by atoms with van der Waals surface area (Å²) >= 11 is 0. The van der Waals surface area contributed by atoms with Gasteiger partial charge >= 0.3 is 0 Å². The molecule has 0 unspecified atom stereocenters. The molecule has 0 atom stereocenters. The Morgan fingerprint density at radius 1 is 0.914 bits per heavy atom. The molecule has 0 amide bonds. The minimum Gasteiger partial charge on any atom is -0.871 e. The highest BCUT2D eigenvalue weighted by Gasteiger charge is 2.36. The lowest BCUT2D eigenvalue weighted by molar-refractivity contribution is -0.435. The standard InChI is InChI=1S/C30H33N3O2/c1-4-6-20-33(21-7-5-2)25-12-9-23(10-13-25)27-29(34)28(30(27)35)26-15-14-24(32(26)3)11-8-22-16-18-31-19-17-22/h8-19H,4-7,20-21H2,1-3H3. The molecule has 0 fully saturated rings. The van der Waals surface area contributed by atoms with Crippen LogP contribution in [0.5, 0.6) is 0 Å². The third kappa shape index (κ3) is 5.19. The first kappa shape index (κ1) is 24.4. The molecule has 2 aliphatic rings. The van der Waals surface area contributed by atoms with Crippen LogP contribution in [0.2, 0.25) is 0 Å². The Hall–Kier alpha value is -3.73. The van der Waals surface area contributed by atoms with E-state index in [4.69, 9.17) is 0 Å². The van der Waals surface area contributed by atoms with E-state index in [0.717, 1.165) is 55.7 Å². The van der Waals surface area contributed by atoms with E-state index in [0.29, 0.717) is 11.3 Å². The van der Waals surface area contributed by atoms with Crippen molar-refractivity contribution in [2.75, 3.05) is 25.0 Å². The van der Waals surface area contributed by atoms with Gasteiger partial charge in [-0.1, -0.05) is 44.6 Å². The van der Waals surface area contributed by atoms with Crippen molar-refractivity contribution in [2.24, 2.45) is 0 Å². The molecule has 0 spiro atoms. The Kier molecular flexibility index (Phi) is 7.76. The molecule has 35 heavy (non-hydrogen) atoms. The Morgan fingerprint density at radius 3 is 2.17 bits per heavy atom. The number of carbonyl (C=O) groups excluding carboxylic acids is 1. The number of hydrogen-bond donors (Lipinski definition) is 0. The van der Waals surface area contributed by atoms with E-state index in [1.165, 1.54) is 0 Å². The van der Waals surface area contributed by atoms with Gasteiger partial charge in [-0.3, -0.25) is 9.78 Å². The van der Waals surface area contributed by atoms with Crippen molar-refractivity contribution >= 4 is 28.8 Å².